The minimum absolute atomic E-state index is 0.0892. The maximum absolute atomic E-state index is 12.9. The van der Waals surface area contributed by atoms with Crippen LogP contribution in [0.3, 0.4) is 0 Å². The number of anilines is 2. The first-order chi connectivity index (χ1) is 12.5. The molecule has 1 N–H and O–H groups in total. The molecule has 1 aliphatic heterocycles. The number of hydrogen-bond acceptors (Lipinski definition) is 7. The second-order valence-electron chi connectivity index (χ2n) is 7.34. The summed E-state index contributed by atoms with van der Waals surface area (Å²) in [5, 5.41) is 4.36. The molecule has 1 aliphatic carbocycles. The van der Waals surface area contributed by atoms with Crippen molar-refractivity contribution in [2.45, 2.75) is 44.2 Å². The van der Waals surface area contributed by atoms with Gasteiger partial charge in [-0.05, 0) is 38.8 Å². The molecule has 2 aliphatic rings. The second kappa shape index (κ2) is 5.44. The smallest absolute Gasteiger partial charge is 0.240 e. The number of pyridine rings is 1. The zero-order chi connectivity index (χ0) is 17.9. The molecule has 3 aromatic heterocycles. The van der Waals surface area contributed by atoms with E-state index in [1.54, 1.807) is 29.9 Å². The van der Waals surface area contributed by atoms with Crippen molar-refractivity contribution in [1.82, 2.24) is 19.9 Å². The number of fused-ring (bicyclic) bond motifs is 2. The first-order valence-corrected chi connectivity index (χ1v) is 9.49. The summed E-state index contributed by atoms with van der Waals surface area (Å²) in [6.07, 6.45) is 6.85. The molecule has 3 aromatic rings. The lowest BCUT2D eigenvalue weighted by molar-refractivity contribution is -0.123. The summed E-state index contributed by atoms with van der Waals surface area (Å²) >= 11 is 1.56. The van der Waals surface area contributed by atoms with Gasteiger partial charge in [0.2, 0.25) is 5.91 Å². The lowest BCUT2D eigenvalue weighted by Gasteiger charge is -2.41. The van der Waals surface area contributed by atoms with E-state index in [0.29, 0.717) is 6.04 Å². The van der Waals surface area contributed by atoms with Crippen molar-refractivity contribution in [3.05, 3.63) is 36.4 Å². The number of aromatic nitrogens is 4. The molecule has 8 heteroatoms. The highest BCUT2D eigenvalue weighted by molar-refractivity contribution is 7.21. The van der Waals surface area contributed by atoms with Crippen LogP contribution >= 0.6 is 11.3 Å². The molecule has 0 saturated heterocycles. The van der Waals surface area contributed by atoms with Crippen LogP contribution in [0.25, 0.3) is 10.3 Å². The minimum atomic E-state index is -0.610. The third kappa shape index (κ3) is 2.21. The Morgan fingerprint density at radius 2 is 2.00 bits per heavy atom. The molecular formula is C18H18N6OS. The van der Waals surface area contributed by atoms with Gasteiger partial charge in [-0.3, -0.25) is 14.7 Å². The highest BCUT2D eigenvalue weighted by Crippen LogP contribution is 2.43. The van der Waals surface area contributed by atoms with Gasteiger partial charge < -0.3 is 5.32 Å². The number of rotatable bonds is 3. The molecule has 0 radical (unpaired) electrons. The molecule has 7 nitrogen and oxygen atoms in total. The predicted molar refractivity (Wildman–Crippen MR) is 100 cm³/mol. The third-order valence-electron chi connectivity index (χ3n) is 5.22. The summed E-state index contributed by atoms with van der Waals surface area (Å²) in [5.74, 6) is 0.807. The number of nitrogens with zero attached hydrogens (tertiary/aromatic N) is 5. The third-order valence-corrected chi connectivity index (χ3v) is 6.14. The molecule has 0 unspecified atom stereocenters. The standard InChI is InChI=1S/C18H18N6OS/c1-18(2)13-14(20-7-6-19-13)24(16(18)25)11-8-10(9-11)22-17-23-12-4-3-5-21-15(12)26-17/h3-7,10-11H,8-9H2,1-2H3,(H,22,23)/t10-,11-. The Labute approximate surface area is 154 Å². The Bertz CT molecular complexity index is 977. The van der Waals surface area contributed by atoms with Crippen molar-refractivity contribution in [3.63, 3.8) is 0 Å². The van der Waals surface area contributed by atoms with Gasteiger partial charge in [0.05, 0.1) is 11.1 Å². The number of nitrogens with one attached hydrogen (secondary N) is 1. The van der Waals surface area contributed by atoms with E-state index in [4.69, 9.17) is 0 Å². The van der Waals surface area contributed by atoms with Gasteiger partial charge in [-0.15, -0.1) is 0 Å². The molecule has 5 rings (SSSR count). The van der Waals surface area contributed by atoms with Crippen LogP contribution in [0.2, 0.25) is 0 Å². The maximum Gasteiger partial charge on any atom is 0.240 e. The monoisotopic (exact) mass is 366 g/mol. The zero-order valence-corrected chi connectivity index (χ0v) is 15.3. The van der Waals surface area contributed by atoms with Gasteiger partial charge in [-0.25, -0.2) is 15.0 Å². The van der Waals surface area contributed by atoms with Crippen molar-refractivity contribution in [3.8, 4) is 0 Å². The summed E-state index contributed by atoms with van der Waals surface area (Å²) in [5.41, 5.74) is 1.08. The quantitative estimate of drug-likeness (QED) is 0.767. The summed E-state index contributed by atoms with van der Waals surface area (Å²) in [6, 6.07) is 4.32. The predicted octanol–water partition coefficient (Wildman–Crippen LogP) is 2.75. The summed E-state index contributed by atoms with van der Waals surface area (Å²) in [7, 11) is 0. The van der Waals surface area contributed by atoms with Crippen LogP contribution in [0, 0.1) is 0 Å². The highest BCUT2D eigenvalue weighted by Gasteiger charge is 2.51. The number of carbonyl (C=O) groups excluding carboxylic acids is 1. The Morgan fingerprint density at radius 3 is 2.81 bits per heavy atom. The van der Waals surface area contributed by atoms with Crippen molar-refractivity contribution in [1.29, 1.82) is 0 Å². The number of hydrogen-bond donors (Lipinski definition) is 1. The molecule has 0 aromatic carbocycles. The van der Waals surface area contributed by atoms with E-state index in [1.165, 1.54) is 0 Å². The molecule has 1 fully saturated rings. The van der Waals surface area contributed by atoms with Crippen molar-refractivity contribution in [2.75, 3.05) is 10.2 Å². The van der Waals surface area contributed by atoms with E-state index in [2.05, 4.69) is 25.3 Å². The summed E-state index contributed by atoms with van der Waals surface area (Å²) in [4.78, 5) is 33.4. The minimum Gasteiger partial charge on any atom is -0.359 e. The Kier molecular flexibility index (Phi) is 3.27. The molecule has 0 bridgehead atoms. The van der Waals surface area contributed by atoms with Crippen molar-refractivity contribution >= 4 is 38.5 Å². The van der Waals surface area contributed by atoms with E-state index < -0.39 is 5.41 Å². The van der Waals surface area contributed by atoms with Gasteiger partial charge in [0.25, 0.3) is 0 Å². The van der Waals surface area contributed by atoms with E-state index >= 15 is 0 Å². The highest BCUT2D eigenvalue weighted by atomic mass is 32.1. The molecule has 1 saturated carbocycles. The largest absolute Gasteiger partial charge is 0.359 e. The molecule has 0 spiro atoms. The van der Waals surface area contributed by atoms with Gasteiger partial charge in [-0.1, -0.05) is 11.3 Å². The average molecular weight is 366 g/mol. The van der Waals surface area contributed by atoms with Gasteiger partial charge in [-0.2, -0.15) is 0 Å². The van der Waals surface area contributed by atoms with Gasteiger partial charge in [0, 0.05) is 30.7 Å². The molecule has 4 heterocycles. The van der Waals surface area contributed by atoms with E-state index in [-0.39, 0.29) is 11.9 Å². The Morgan fingerprint density at radius 1 is 1.19 bits per heavy atom. The fourth-order valence-corrected chi connectivity index (χ4v) is 4.59. The topological polar surface area (TPSA) is 83.9 Å². The number of carbonyl (C=O) groups is 1. The van der Waals surface area contributed by atoms with Crippen LogP contribution in [-0.2, 0) is 10.2 Å². The van der Waals surface area contributed by atoms with Crippen LogP contribution in [0.4, 0.5) is 10.9 Å². The fourth-order valence-electron chi connectivity index (χ4n) is 3.71. The van der Waals surface area contributed by atoms with Crippen LogP contribution in [-0.4, -0.2) is 37.9 Å². The second-order valence-corrected chi connectivity index (χ2v) is 8.32. The van der Waals surface area contributed by atoms with Crippen molar-refractivity contribution < 1.29 is 4.79 Å². The van der Waals surface area contributed by atoms with Gasteiger partial charge in [0.1, 0.15) is 10.3 Å². The average Bonchev–Trinajstić information content (AvgIpc) is 3.09. The Hall–Kier alpha value is -2.61. The Balaban J connectivity index is 1.32. The van der Waals surface area contributed by atoms with Crippen molar-refractivity contribution in [2.24, 2.45) is 0 Å². The van der Waals surface area contributed by atoms with E-state index in [9.17, 15) is 4.79 Å². The molecule has 132 valence electrons. The summed E-state index contributed by atoms with van der Waals surface area (Å²) in [6.45, 7) is 3.84. The normalized spacial score (nSPS) is 23.8. The fraction of sp³-hybridized carbons (Fsp3) is 0.389. The van der Waals surface area contributed by atoms with Crippen LogP contribution < -0.4 is 10.2 Å². The molecular weight excluding hydrogens is 348 g/mol. The number of thiazole rings is 1. The van der Waals surface area contributed by atoms with Gasteiger partial charge in [0.15, 0.2) is 10.9 Å². The van der Waals surface area contributed by atoms with E-state index in [1.807, 2.05) is 30.9 Å². The first kappa shape index (κ1) is 15.6. The first-order valence-electron chi connectivity index (χ1n) is 8.67. The lowest BCUT2D eigenvalue weighted by atomic mass is 9.85. The van der Waals surface area contributed by atoms with Crippen LogP contribution in [0.5, 0.6) is 0 Å². The lowest BCUT2D eigenvalue weighted by Crippen LogP contribution is -2.53. The maximum atomic E-state index is 12.9. The molecule has 26 heavy (non-hydrogen) atoms. The van der Waals surface area contributed by atoms with E-state index in [0.717, 1.165) is 39.8 Å². The molecule has 1 amide bonds. The molecule has 0 atom stereocenters. The summed E-state index contributed by atoms with van der Waals surface area (Å²) < 4.78 is 0. The van der Waals surface area contributed by atoms with Gasteiger partial charge >= 0.3 is 0 Å². The number of amides is 1. The zero-order valence-electron chi connectivity index (χ0n) is 14.5. The SMILES string of the molecule is CC1(C)C(=O)N([C@H]2C[C@H](Nc3nc4cccnc4s3)C2)c2nccnc21. The van der Waals surface area contributed by atoms with Crippen LogP contribution in [0.1, 0.15) is 32.4 Å². The van der Waals surface area contributed by atoms with Crippen LogP contribution in [0.15, 0.2) is 30.7 Å².